The molecule has 0 radical (unpaired) electrons. The fraction of sp³-hybridized carbons (Fsp3) is 0.350. The summed E-state index contributed by atoms with van der Waals surface area (Å²) in [6.45, 7) is 3.77. The van der Waals surface area contributed by atoms with Crippen molar-refractivity contribution in [1.29, 1.82) is 5.26 Å². The van der Waals surface area contributed by atoms with Crippen molar-refractivity contribution in [2.45, 2.75) is 25.9 Å². The Kier molecular flexibility index (Phi) is 6.10. The van der Waals surface area contributed by atoms with Crippen molar-refractivity contribution in [1.82, 2.24) is 9.88 Å². The zero-order chi connectivity index (χ0) is 19.1. The number of hydrogen-bond acceptors (Lipinski definition) is 5. The van der Waals surface area contributed by atoms with Crippen LogP contribution in [0, 0.1) is 11.3 Å². The summed E-state index contributed by atoms with van der Waals surface area (Å²) in [5.74, 6) is 1.20. The number of aromatic nitrogens is 1. The van der Waals surface area contributed by atoms with Crippen LogP contribution in [0.2, 0.25) is 0 Å². The van der Waals surface area contributed by atoms with Gasteiger partial charge in [-0.25, -0.2) is 9.78 Å². The summed E-state index contributed by atoms with van der Waals surface area (Å²) in [5.41, 5.74) is 1.21. The van der Waals surface area contributed by atoms with Gasteiger partial charge in [-0.15, -0.1) is 0 Å². The van der Waals surface area contributed by atoms with Crippen LogP contribution in [0.5, 0.6) is 11.6 Å². The van der Waals surface area contributed by atoms with Crippen LogP contribution < -0.4 is 14.8 Å². The normalized spacial score (nSPS) is 13.4. The highest BCUT2D eigenvalue weighted by molar-refractivity contribution is 5.90. The maximum Gasteiger partial charge on any atom is 0.322 e. The molecular formula is C20H22N4O3. The van der Waals surface area contributed by atoms with Gasteiger partial charge in [-0.05, 0) is 36.8 Å². The van der Waals surface area contributed by atoms with E-state index in [9.17, 15) is 4.79 Å². The number of amides is 2. The number of pyridine rings is 1. The molecule has 2 amide bonds. The number of nitriles is 1. The van der Waals surface area contributed by atoms with E-state index in [0.717, 1.165) is 24.3 Å². The second kappa shape index (κ2) is 8.90. The molecule has 1 aliphatic heterocycles. The van der Waals surface area contributed by atoms with Crippen LogP contribution in [0.4, 0.5) is 10.5 Å². The van der Waals surface area contributed by atoms with Gasteiger partial charge in [0.1, 0.15) is 11.9 Å². The van der Waals surface area contributed by atoms with Gasteiger partial charge >= 0.3 is 6.03 Å². The van der Waals surface area contributed by atoms with Crippen LogP contribution in [0.1, 0.15) is 25.3 Å². The summed E-state index contributed by atoms with van der Waals surface area (Å²) in [4.78, 5) is 18.0. The van der Waals surface area contributed by atoms with E-state index < -0.39 is 0 Å². The fourth-order valence-corrected chi connectivity index (χ4v) is 2.56. The van der Waals surface area contributed by atoms with Crippen molar-refractivity contribution in [3.8, 4) is 17.7 Å². The zero-order valence-electron chi connectivity index (χ0n) is 15.2. The standard InChI is InChI=1S/C20H22N4O3/c1-2-3-10-26-17-6-4-16(5-7-17)23-20(25)24-13-18(14-24)27-19-11-15(12-21)8-9-22-19/h4-9,11,18H,2-3,10,13-14H2,1H3,(H,23,25). The third-order valence-electron chi connectivity index (χ3n) is 4.16. The van der Waals surface area contributed by atoms with E-state index in [1.165, 1.54) is 6.20 Å². The summed E-state index contributed by atoms with van der Waals surface area (Å²) in [5, 5.41) is 11.7. The van der Waals surface area contributed by atoms with Gasteiger partial charge in [0.2, 0.25) is 5.88 Å². The molecule has 0 bridgehead atoms. The molecule has 1 aliphatic rings. The highest BCUT2D eigenvalue weighted by Crippen LogP contribution is 2.20. The summed E-state index contributed by atoms with van der Waals surface area (Å²) in [6.07, 6.45) is 3.53. The third-order valence-corrected chi connectivity index (χ3v) is 4.16. The number of unbranched alkanes of at least 4 members (excludes halogenated alkanes) is 1. The van der Waals surface area contributed by atoms with Crippen LogP contribution in [-0.2, 0) is 0 Å². The SMILES string of the molecule is CCCCOc1ccc(NC(=O)N2CC(Oc3cc(C#N)ccn3)C2)cc1. The van der Waals surface area contributed by atoms with E-state index in [2.05, 4.69) is 17.2 Å². The van der Waals surface area contributed by atoms with E-state index in [1.807, 2.05) is 30.3 Å². The molecule has 0 unspecified atom stereocenters. The van der Waals surface area contributed by atoms with E-state index in [0.29, 0.717) is 31.1 Å². The lowest BCUT2D eigenvalue weighted by Gasteiger charge is -2.38. The topological polar surface area (TPSA) is 87.5 Å². The van der Waals surface area contributed by atoms with Gasteiger partial charge < -0.3 is 19.7 Å². The Morgan fingerprint density at radius 1 is 1.33 bits per heavy atom. The number of urea groups is 1. The smallest absolute Gasteiger partial charge is 0.322 e. The third kappa shape index (κ3) is 5.11. The molecule has 0 atom stereocenters. The number of likely N-dealkylation sites (tertiary alicyclic amines) is 1. The first-order valence-electron chi connectivity index (χ1n) is 8.99. The second-order valence-corrected chi connectivity index (χ2v) is 6.30. The van der Waals surface area contributed by atoms with Gasteiger partial charge in [0.15, 0.2) is 0 Å². The molecule has 1 saturated heterocycles. The molecule has 3 rings (SSSR count). The molecule has 1 aromatic heterocycles. The Labute approximate surface area is 158 Å². The van der Waals surface area contributed by atoms with Crippen LogP contribution in [0.15, 0.2) is 42.6 Å². The summed E-state index contributed by atoms with van der Waals surface area (Å²) < 4.78 is 11.3. The van der Waals surface area contributed by atoms with Crippen molar-refractivity contribution in [2.24, 2.45) is 0 Å². The van der Waals surface area contributed by atoms with Gasteiger partial charge in [0.25, 0.3) is 0 Å². The molecular weight excluding hydrogens is 344 g/mol. The van der Waals surface area contributed by atoms with E-state index in [1.54, 1.807) is 17.0 Å². The van der Waals surface area contributed by atoms with Gasteiger partial charge in [0.05, 0.1) is 31.3 Å². The van der Waals surface area contributed by atoms with Gasteiger partial charge in [-0.2, -0.15) is 5.26 Å². The second-order valence-electron chi connectivity index (χ2n) is 6.30. The average molecular weight is 366 g/mol. The Morgan fingerprint density at radius 3 is 2.81 bits per heavy atom. The molecule has 27 heavy (non-hydrogen) atoms. The quantitative estimate of drug-likeness (QED) is 0.759. The Balaban J connectivity index is 1.43. The molecule has 0 saturated carbocycles. The van der Waals surface area contributed by atoms with E-state index in [-0.39, 0.29) is 12.1 Å². The Bertz CT molecular complexity index is 811. The number of hydrogen-bond donors (Lipinski definition) is 1. The number of nitrogens with one attached hydrogen (secondary N) is 1. The van der Waals surface area contributed by atoms with Gasteiger partial charge in [0, 0.05) is 18.0 Å². The first kappa shape index (κ1) is 18.5. The minimum absolute atomic E-state index is 0.119. The van der Waals surface area contributed by atoms with E-state index in [4.69, 9.17) is 14.7 Å². The number of anilines is 1. The summed E-state index contributed by atoms with van der Waals surface area (Å²) >= 11 is 0. The molecule has 1 fully saturated rings. The van der Waals surface area contributed by atoms with Crippen molar-refractivity contribution >= 4 is 11.7 Å². The van der Waals surface area contributed by atoms with Gasteiger partial charge in [-0.3, -0.25) is 0 Å². The molecule has 1 aromatic carbocycles. The van der Waals surface area contributed by atoms with Crippen molar-refractivity contribution < 1.29 is 14.3 Å². The minimum Gasteiger partial charge on any atom is -0.494 e. The number of carbonyl (C=O) groups excluding carboxylic acids is 1. The lowest BCUT2D eigenvalue weighted by Crippen LogP contribution is -2.57. The predicted octanol–water partition coefficient (Wildman–Crippen LogP) is 3.43. The van der Waals surface area contributed by atoms with Crippen molar-refractivity contribution in [2.75, 3.05) is 25.0 Å². The molecule has 7 heteroatoms. The summed E-state index contributed by atoms with van der Waals surface area (Å²) in [7, 11) is 0. The number of rotatable bonds is 7. The number of benzene rings is 1. The van der Waals surface area contributed by atoms with Crippen LogP contribution in [0.3, 0.4) is 0 Å². The van der Waals surface area contributed by atoms with Gasteiger partial charge in [-0.1, -0.05) is 13.3 Å². The zero-order valence-corrected chi connectivity index (χ0v) is 15.2. The maximum atomic E-state index is 12.3. The number of ether oxygens (including phenoxy) is 2. The number of nitrogens with zero attached hydrogens (tertiary/aromatic N) is 3. The molecule has 2 heterocycles. The molecule has 140 valence electrons. The monoisotopic (exact) mass is 366 g/mol. The number of carbonyl (C=O) groups is 1. The van der Waals surface area contributed by atoms with Crippen molar-refractivity contribution in [3.05, 3.63) is 48.2 Å². The van der Waals surface area contributed by atoms with Crippen LogP contribution in [-0.4, -0.2) is 41.7 Å². The lowest BCUT2D eigenvalue weighted by molar-refractivity contribution is 0.0461. The lowest BCUT2D eigenvalue weighted by atomic mass is 10.2. The Hall–Kier alpha value is -3.27. The molecule has 1 N–H and O–H groups in total. The molecule has 7 nitrogen and oxygen atoms in total. The first-order valence-corrected chi connectivity index (χ1v) is 8.99. The largest absolute Gasteiger partial charge is 0.494 e. The molecule has 0 spiro atoms. The summed E-state index contributed by atoms with van der Waals surface area (Å²) in [6, 6.07) is 12.4. The first-order chi connectivity index (χ1) is 13.2. The molecule has 0 aliphatic carbocycles. The van der Waals surface area contributed by atoms with E-state index >= 15 is 0 Å². The fourth-order valence-electron chi connectivity index (χ4n) is 2.56. The highest BCUT2D eigenvalue weighted by atomic mass is 16.5. The molecule has 2 aromatic rings. The average Bonchev–Trinajstić information content (AvgIpc) is 2.66. The maximum absolute atomic E-state index is 12.3. The minimum atomic E-state index is -0.173. The predicted molar refractivity (Wildman–Crippen MR) is 101 cm³/mol. The van der Waals surface area contributed by atoms with Crippen molar-refractivity contribution in [3.63, 3.8) is 0 Å². The van der Waals surface area contributed by atoms with Crippen LogP contribution >= 0.6 is 0 Å². The van der Waals surface area contributed by atoms with Crippen LogP contribution in [0.25, 0.3) is 0 Å². The highest BCUT2D eigenvalue weighted by Gasteiger charge is 2.32. The Morgan fingerprint density at radius 2 is 2.11 bits per heavy atom.